The van der Waals surface area contributed by atoms with E-state index in [9.17, 15) is 0 Å². The molecule has 2 aromatic carbocycles. The lowest BCUT2D eigenvalue weighted by Gasteiger charge is -2.35. The highest BCUT2D eigenvalue weighted by molar-refractivity contribution is 7.74. The Morgan fingerprint density at radius 1 is 0.759 bits per heavy atom. The van der Waals surface area contributed by atoms with Gasteiger partial charge in [0.2, 0.25) is 0 Å². The van der Waals surface area contributed by atoms with Crippen molar-refractivity contribution >= 4 is 18.5 Å². The highest BCUT2D eigenvalue weighted by Crippen LogP contribution is 2.49. The van der Waals surface area contributed by atoms with E-state index in [1.54, 1.807) is 5.57 Å². The highest BCUT2D eigenvalue weighted by atomic mass is 31.1. The van der Waals surface area contributed by atoms with Gasteiger partial charge < -0.3 is 0 Å². The zero-order valence-corrected chi connectivity index (χ0v) is 18.4. The van der Waals surface area contributed by atoms with Gasteiger partial charge in [-0.3, -0.25) is 9.80 Å². The maximum absolute atomic E-state index is 2.68. The Hall–Kier alpha value is -1.73. The average molecular weight is 403 g/mol. The second kappa shape index (κ2) is 8.19. The van der Waals surface area contributed by atoms with Crippen molar-refractivity contribution in [2.75, 3.05) is 14.1 Å². The molecule has 3 atom stereocenters. The van der Waals surface area contributed by atoms with Crippen LogP contribution < -0.4 is 10.6 Å². The summed E-state index contributed by atoms with van der Waals surface area (Å²) in [5.41, 5.74) is 2.05. The molecule has 2 aromatic rings. The van der Waals surface area contributed by atoms with Crippen LogP contribution in [0.5, 0.6) is 0 Å². The van der Waals surface area contributed by atoms with Crippen LogP contribution in [0, 0.1) is 0 Å². The first-order valence-corrected chi connectivity index (χ1v) is 12.4. The third kappa shape index (κ3) is 3.42. The number of allylic oxidation sites excluding steroid dienone is 3. The van der Waals surface area contributed by atoms with Crippen LogP contribution in [-0.4, -0.2) is 47.8 Å². The summed E-state index contributed by atoms with van der Waals surface area (Å²) in [6.07, 6.45) is 13.1. The highest BCUT2D eigenvalue weighted by Gasteiger charge is 2.47. The number of fused-ring (bicyclic) bond motifs is 1. The summed E-state index contributed by atoms with van der Waals surface area (Å²) in [7, 11) is 4.25. The number of benzene rings is 2. The normalized spacial score (nSPS) is 28.1. The SMILES string of the molecule is CN1C(C2=CC=CC2P(c2ccccc2)c2ccccc2)N(C)[C@@H]2CCCC[C@H]21. The lowest BCUT2D eigenvalue weighted by molar-refractivity contribution is 0.196. The van der Waals surface area contributed by atoms with Crippen LogP contribution in [0.15, 0.2) is 84.5 Å². The first-order valence-electron chi connectivity index (χ1n) is 11.0. The quantitative estimate of drug-likeness (QED) is 0.695. The molecule has 3 aliphatic rings. The molecule has 2 aliphatic carbocycles. The zero-order valence-electron chi connectivity index (χ0n) is 17.5. The first-order chi connectivity index (χ1) is 14.3. The molecule has 1 aliphatic heterocycles. The molecule has 0 radical (unpaired) electrons. The number of hydrogen-bond acceptors (Lipinski definition) is 2. The van der Waals surface area contributed by atoms with Gasteiger partial charge in [0.25, 0.3) is 0 Å². The maximum Gasteiger partial charge on any atom is 0.0858 e. The Morgan fingerprint density at radius 3 is 1.79 bits per heavy atom. The lowest BCUT2D eigenvalue weighted by Crippen LogP contribution is -2.41. The summed E-state index contributed by atoms with van der Waals surface area (Å²) in [5, 5.41) is 2.94. The Kier molecular flexibility index (Phi) is 5.43. The zero-order chi connectivity index (χ0) is 19.8. The van der Waals surface area contributed by atoms with E-state index in [-0.39, 0.29) is 0 Å². The molecule has 1 saturated heterocycles. The van der Waals surface area contributed by atoms with Crippen LogP contribution in [0.4, 0.5) is 0 Å². The van der Waals surface area contributed by atoms with Crippen LogP contribution in [-0.2, 0) is 0 Å². The van der Waals surface area contributed by atoms with Crippen LogP contribution in [0.1, 0.15) is 25.7 Å². The fourth-order valence-corrected chi connectivity index (χ4v) is 8.48. The van der Waals surface area contributed by atoms with E-state index in [0.717, 1.165) is 0 Å². The molecule has 3 heteroatoms. The second-order valence-corrected chi connectivity index (χ2v) is 11.0. The van der Waals surface area contributed by atoms with Gasteiger partial charge in [0.05, 0.1) is 6.17 Å². The van der Waals surface area contributed by atoms with Gasteiger partial charge in [0.1, 0.15) is 0 Å². The molecule has 0 N–H and O–H groups in total. The van der Waals surface area contributed by atoms with Crippen molar-refractivity contribution in [3.05, 3.63) is 84.5 Å². The number of nitrogens with zero attached hydrogens (tertiary/aromatic N) is 2. The molecular formula is C26H31N2P. The van der Waals surface area contributed by atoms with Crippen molar-refractivity contribution < 1.29 is 0 Å². The van der Waals surface area contributed by atoms with Gasteiger partial charge in [0, 0.05) is 17.7 Å². The molecular weight excluding hydrogens is 371 g/mol. The molecule has 1 saturated carbocycles. The number of hydrogen-bond donors (Lipinski definition) is 0. The van der Waals surface area contributed by atoms with Crippen LogP contribution >= 0.6 is 7.92 Å². The molecule has 1 heterocycles. The molecule has 0 bridgehead atoms. The van der Waals surface area contributed by atoms with Gasteiger partial charge in [-0.2, -0.15) is 0 Å². The molecule has 0 amide bonds. The smallest absolute Gasteiger partial charge is 0.0858 e. The van der Waals surface area contributed by atoms with Crippen molar-refractivity contribution in [2.45, 2.75) is 49.6 Å². The minimum Gasteiger partial charge on any atom is -0.283 e. The number of rotatable bonds is 4. The second-order valence-electron chi connectivity index (χ2n) is 8.66. The van der Waals surface area contributed by atoms with Crippen molar-refractivity contribution in [1.82, 2.24) is 9.80 Å². The van der Waals surface area contributed by atoms with E-state index in [1.807, 2.05) is 0 Å². The minimum atomic E-state index is -0.475. The average Bonchev–Trinajstić information content (AvgIpc) is 3.33. The van der Waals surface area contributed by atoms with Gasteiger partial charge in [-0.25, -0.2) is 0 Å². The molecule has 0 spiro atoms. The Labute approximate surface area is 176 Å². The van der Waals surface area contributed by atoms with E-state index in [2.05, 4.69) is 103 Å². The van der Waals surface area contributed by atoms with Gasteiger partial charge in [-0.1, -0.05) is 91.7 Å². The Balaban J connectivity index is 1.52. The molecule has 2 fully saturated rings. The summed E-state index contributed by atoms with van der Waals surface area (Å²) in [6, 6.07) is 23.7. The van der Waals surface area contributed by atoms with E-state index in [1.165, 1.54) is 36.3 Å². The predicted molar refractivity (Wildman–Crippen MR) is 125 cm³/mol. The molecule has 1 unspecified atom stereocenters. The van der Waals surface area contributed by atoms with Gasteiger partial charge in [-0.15, -0.1) is 0 Å². The van der Waals surface area contributed by atoms with E-state index < -0.39 is 7.92 Å². The van der Waals surface area contributed by atoms with Gasteiger partial charge >= 0.3 is 0 Å². The summed E-state index contributed by atoms with van der Waals surface area (Å²) in [6.45, 7) is 0. The van der Waals surface area contributed by atoms with Crippen molar-refractivity contribution in [3.63, 3.8) is 0 Å². The van der Waals surface area contributed by atoms with E-state index in [0.29, 0.717) is 23.9 Å². The first kappa shape index (κ1) is 19.2. The van der Waals surface area contributed by atoms with Gasteiger partial charge in [-0.05, 0) is 51.0 Å². The fourth-order valence-electron chi connectivity index (χ4n) is 5.77. The van der Waals surface area contributed by atoms with Crippen molar-refractivity contribution in [3.8, 4) is 0 Å². The van der Waals surface area contributed by atoms with E-state index >= 15 is 0 Å². The summed E-state index contributed by atoms with van der Waals surface area (Å²) in [4.78, 5) is 5.36. The van der Waals surface area contributed by atoms with Crippen LogP contribution in [0.2, 0.25) is 0 Å². The summed E-state index contributed by atoms with van der Waals surface area (Å²) < 4.78 is 0. The Bertz CT molecular complexity index is 834. The van der Waals surface area contributed by atoms with Crippen LogP contribution in [0.3, 0.4) is 0 Å². The van der Waals surface area contributed by atoms with E-state index in [4.69, 9.17) is 0 Å². The topological polar surface area (TPSA) is 6.48 Å². The third-order valence-corrected chi connectivity index (χ3v) is 9.82. The minimum absolute atomic E-state index is 0.417. The monoisotopic (exact) mass is 402 g/mol. The van der Waals surface area contributed by atoms with Crippen molar-refractivity contribution in [1.29, 1.82) is 0 Å². The van der Waals surface area contributed by atoms with Crippen molar-refractivity contribution in [2.24, 2.45) is 0 Å². The molecule has 150 valence electrons. The molecule has 5 rings (SSSR count). The van der Waals surface area contributed by atoms with Crippen LogP contribution in [0.25, 0.3) is 0 Å². The number of likely N-dealkylation sites (N-methyl/N-ethyl adjacent to an activating group) is 2. The predicted octanol–water partition coefficient (Wildman–Crippen LogP) is 4.50. The molecule has 29 heavy (non-hydrogen) atoms. The third-order valence-electron chi connectivity index (χ3n) is 7.08. The molecule has 0 aromatic heterocycles. The Morgan fingerprint density at radius 2 is 1.28 bits per heavy atom. The standard InChI is InChI=1S/C26H31N2P/c1-27-23-17-9-10-18-24(23)28(2)26(27)22-16-11-19-25(22)29(20-12-5-3-6-13-20)21-14-7-4-8-15-21/h3-8,11-16,19,23-26H,9-10,17-18H2,1-2H3/t23-,24-,25?/m1/s1. The fraction of sp³-hybridized carbons (Fsp3) is 0.385. The summed E-state index contributed by atoms with van der Waals surface area (Å²) >= 11 is 0. The maximum atomic E-state index is 2.68. The summed E-state index contributed by atoms with van der Waals surface area (Å²) in [5.74, 6) is 0. The molecule has 2 nitrogen and oxygen atoms in total. The largest absolute Gasteiger partial charge is 0.283 e. The van der Waals surface area contributed by atoms with Gasteiger partial charge in [0.15, 0.2) is 0 Å². The lowest BCUT2D eigenvalue weighted by atomic mass is 9.91.